The van der Waals surface area contributed by atoms with Crippen LogP contribution in [0.4, 0.5) is 5.69 Å². The van der Waals surface area contributed by atoms with Gasteiger partial charge in [0.2, 0.25) is 5.91 Å². The molecular weight excluding hydrogens is 528 g/mol. The van der Waals surface area contributed by atoms with E-state index in [2.05, 4.69) is 55.6 Å². The zero-order valence-electron chi connectivity index (χ0n) is 24.7. The first-order valence-electron chi connectivity index (χ1n) is 15.3. The van der Waals surface area contributed by atoms with Gasteiger partial charge in [-0.1, -0.05) is 30.3 Å². The van der Waals surface area contributed by atoms with Crippen molar-refractivity contribution in [2.75, 3.05) is 44.2 Å². The molecule has 222 valence electrons. The number of piperazine rings is 1. The lowest BCUT2D eigenvalue weighted by molar-refractivity contribution is -0.146. The second-order valence-electron chi connectivity index (χ2n) is 12.3. The predicted molar refractivity (Wildman–Crippen MR) is 163 cm³/mol. The van der Waals surface area contributed by atoms with Crippen LogP contribution in [0, 0.1) is 5.92 Å². The molecule has 2 N–H and O–H groups in total. The molecule has 1 aromatic heterocycles. The molecule has 3 fully saturated rings. The molecule has 0 bridgehead atoms. The van der Waals surface area contributed by atoms with Gasteiger partial charge in [0.25, 0.3) is 5.91 Å². The number of aromatic nitrogens is 2. The smallest absolute Gasteiger partial charge is 0.266 e. The number of nitrogens with one attached hydrogen (secondary N) is 2. The average Bonchev–Trinajstić information content (AvgIpc) is 3.72. The van der Waals surface area contributed by atoms with Gasteiger partial charge in [0, 0.05) is 69.8 Å². The van der Waals surface area contributed by atoms with E-state index < -0.39 is 5.60 Å². The van der Waals surface area contributed by atoms with Gasteiger partial charge in [-0.25, -0.2) is 0 Å². The molecular formula is C33H42N6O3. The van der Waals surface area contributed by atoms with Crippen LogP contribution in [0.5, 0.6) is 5.75 Å². The molecule has 9 nitrogen and oxygen atoms in total. The zero-order valence-corrected chi connectivity index (χ0v) is 24.7. The van der Waals surface area contributed by atoms with Gasteiger partial charge in [-0.05, 0) is 68.9 Å². The summed E-state index contributed by atoms with van der Waals surface area (Å²) in [6.45, 7) is 8.93. The molecule has 0 unspecified atom stereocenters. The highest BCUT2D eigenvalue weighted by molar-refractivity contribution is 5.85. The fourth-order valence-electron chi connectivity index (χ4n) is 6.15. The lowest BCUT2D eigenvalue weighted by Gasteiger charge is -2.37. The van der Waals surface area contributed by atoms with Crippen molar-refractivity contribution in [2.45, 2.75) is 57.7 Å². The molecule has 1 saturated carbocycles. The van der Waals surface area contributed by atoms with Crippen LogP contribution in [-0.2, 0) is 16.1 Å². The normalized spacial score (nSPS) is 19.4. The molecule has 6 rings (SSSR count). The molecule has 1 aliphatic carbocycles. The van der Waals surface area contributed by atoms with Crippen molar-refractivity contribution in [1.82, 2.24) is 25.3 Å². The molecule has 2 aliphatic heterocycles. The predicted octanol–water partition coefficient (Wildman–Crippen LogP) is 4.07. The summed E-state index contributed by atoms with van der Waals surface area (Å²) in [4.78, 5) is 33.4. The summed E-state index contributed by atoms with van der Waals surface area (Å²) < 4.78 is 6.28. The number of piperidine rings is 1. The van der Waals surface area contributed by atoms with Gasteiger partial charge in [0.05, 0.1) is 11.6 Å². The number of anilines is 1. The Bertz CT molecular complexity index is 1360. The molecule has 1 atom stereocenters. The minimum Gasteiger partial charge on any atom is -0.478 e. The minimum atomic E-state index is -0.961. The monoisotopic (exact) mass is 570 g/mol. The van der Waals surface area contributed by atoms with Crippen molar-refractivity contribution >= 4 is 17.5 Å². The standard InChI is InChI=1S/C33H42N6O3/c1-33(2,32(41)37-19-16-34-17-20-37)42-29-7-3-6-28(21-29)38-18-4-5-26(23-38)31(40)39(27-12-13-27)22-24-8-10-25(11-9-24)30-14-15-35-36-30/h3,6-11,14-15,21,26-27,34H,4-5,12-13,16-20,22-23H2,1-2H3,(H,35,36)/t26-/m1/s1. The van der Waals surface area contributed by atoms with Crippen molar-refractivity contribution < 1.29 is 14.3 Å². The number of rotatable bonds is 9. The fourth-order valence-corrected chi connectivity index (χ4v) is 6.15. The van der Waals surface area contributed by atoms with E-state index in [0.717, 1.165) is 67.8 Å². The summed E-state index contributed by atoms with van der Waals surface area (Å²) in [5.41, 5.74) is 3.30. The third kappa shape index (κ3) is 6.46. The number of hydrogen-bond donors (Lipinski definition) is 2. The Balaban J connectivity index is 1.10. The summed E-state index contributed by atoms with van der Waals surface area (Å²) in [5.74, 6) is 0.899. The minimum absolute atomic E-state index is 0.00847. The van der Waals surface area contributed by atoms with Crippen molar-refractivity contribution in [1.29, 1.82) is 0 Å². The third-order valence-electron chi connectivity index (χ3n) is 8.63. The number of H-pyrrole nitrogens is 1. The van der Waals surface area contributed by atoms with E-state index in [4.69, 9.17) is 4.74 Å². The summed E-state index contributed by atoms with van der Waals surface area (Å²) in [7, 11) is 0. The number of nitrogens with zero attached hydrogens (tertiary/aromatic N) is 4. The quantitative estimate of drug-likeness (QED) is 0.403. The van der Waals surface area contributed by atoms with Gasteiger partial charge in [-0.2, -0.15) is 5.10 Å². The lowest BCUT2D eigenvalue weighted by atomic mass is 9.95. The Hall–Kier alpha value is -3.85. The Morgan fingerprint density at radius 2 is 1.81 bits per heavy atom. The number of hydrogen-bond acceptors (Lipinski definition) is 6. The molecule has 2 aromatic carbocycles. The van der Waals surface area contributed by atoms with E-state index in [9.17, 15) is 9.59 Å². The number of ether oxygens (including phenoxy) is 1. The third-order valence-corrected chi connectivity index (χ3v) is 8.63. The van der Waals surface area contributed by atoms with Gasteiger partial charge in [-0.3, -0.25) is 14.7 Å². The SMILES string of the molecule is CC(C)(Oc1cccc(N2CCC[C@@H](C(=O)N(Cc3ccc(-c4ccn[nH]4)cc3)C3CC3)C2)c1)C(=O)N1CCNCC1. The topological polar surface area (TPSA) is 93.8 Å². The number of amides is 2. The van der Waals surface area contributed by atoms with Crippen molar-refractivity contribution in [3.8, 4) is 17.0 Å². The number of benzene rings is 2. The van der Waals surface area contributed by atoms with Crippen molar-refractivity contribution in [3.63, 3.8) is 0 Å². The first-order chi connectivity index (χ1) is 20.4. The van der Waals surface area contributed by atoms with Gasteiger partial charge >= 0.3 is 0 Å². The van der Waals surface area contributed by atoms with E-state index >= 15 is 0 Å². The van der Waals surface area contributed by atoms with E-state index in [-0.39, 0.29) is 17.7 Å². The first kappa shape index (κ1) is 28.3. The molecule has 3 aliphatic rings. The van der Waals surface area contributed by atoms with E-state index in [0.29, 0.717) is 38.0 Å². The molecule has 42 heavy (non-hydrogen) atoms. The first-order valence-corrected chi connectivity index (χ1v) is 15.3. The maximum absolute atomic E-state index is 13.9. The number of carbonyl (C=O) groups is 2. The Morgan fingerprint density at radius 3 is 2.52 bits per heavy atom. The van der Waals surface area contributed by atoms with Crippen LogP contribution in [0.15, 0.2) is 60.8 Å². The second-order valence-corrected chi connectivity index (χ2v) is 12.3. The van der Waals surface area contributed by atoms with E-state index in [1.807, 2.05) is 43.0 Å². The van der Waals surface area contributed by atoms with Gasteiger partial charge in [-0.15, -0.1) is 0 Å². The highest BCUT2D eigenvalue weighted by Crippen LogP contribution is 2.34. The fraction of sp³-hybridized carbons (Fsp3) is 0.485. The average molecular weight is 571 g/mol. The molecule has 3 aromatic rings. The van der Waals surface area contributed by atoms with E-state index in [1.54, 1.807) is 6.20 Å². The van der Waals surface area contributed by atoms with Crippen LogP contribution in [0.1, 0.15) is 45.1 Å². The molecule has 2 saturated heterocycles. The summed E-state index contributed by atoms with van der Waals surface area (Å²) in [6.07, 6.45) is 5.78. The Kier molecular flexibility index (Phi) is 8.20. The van der Waals surface area contributed by atoms with Crippen LogP contribution in [0.3, 0.4) is 0 Å². The Morgan fingerprint density at radius 1 is 1.02 bits per heavy atom. The van der Waals surface area contributed by atoms with Crippen LogP contribution < -0.4 is 15.0 Å². The molecule has 0 radical (unpaired) electrons. The summed E-state index contributed by atoms with van der Waals surface area (Å²) in [5, 5.41) is 10.3. The summed E-state index contributed by atoms with van der Waals surface area (Å²) >= 11 is 0. The molecule has 2 amide bonds. The number of carbonyl (C=O) groups excluding carboxylic acids is 2. The summed E-state index contributed by atoms with van der Waals surface area (Å²) in [6, 6.07) is 18.7. The second kappa shape index (κ2) is 12.2. The highest BCUT2D eigenvalue weighted by Gasteiger charge is 2.38. The number of aromatic amines is 1. The van der Waals surface area contributed by atoms with Crippen molar-refractivity contribution in [2.24, 2.45) is 5.92 Å². The zero-order chi connectivity index (χ0) is 29.1. The molecule has 9 heteroatoms. The maximum atomic E-state index is 13.9. The van der Waals surface area contributed by atoms with E-state index in [1.165, 1.54) is 0 Å². The van der Waals surface area contributed by atoms with Crippen LogP contribution >= 0.6 is 0 Å². The van der Waals surface area contributed by atoms with Crippen LogP contribution in [-0.4, -0.2) is 82.7 Å². The molecule has 3 heterocycles. The van der Waals surface area contributed by atoms with Crippen molar-refractivity contribution in [3.05, 3.63) is 66.4 Å². The van der Waals surface area contributed by atoms with Gasteiger partial charge < -0.3 is 24.8 Å². The highest BCUT2D eigenvalue weighted by atomic mass is 16.5. The van der Waals surface area contributed by atoms with Gasteiger partial charge in [0.15, 0.2) is 5.60 Å². The molecule has 0 spiro atoms. The maximum Gasteiger partial charge on any atom is 0.266 e. The Labute approximate surface area is 248 Å². The van der Waals surface area contributed by atoms with Crippen LogP contribution in [0.2, 0.25) is 0 Å². The lowest BCUT2D eigenvalue weighted by Crippen LogP contribution is -2.54. The van der Waals surface area contributed by atoms with Gasteiger partial charge in [0.1, 0.15) is 5.75 Å². The van der Waals surface area contributed by atoms with Crippen LogP contribution in [0.25, 0.3) is 11.3 Å². The largest absolute Gasteiger partial charge is 0.478 e.